The molecule has 21 heavy (non-hydrogen) atoms. The van der Waals surface area contributed by atoms with Crippen LogP contribution in [-0.2, 0) is 19.0 Å². The molecular formula is C17H20O4. The summed E-state index contributed by atoms with van der Waals surface area (Å²) in [6, 6.07) is 7.59. The van der Waals surface area contributed by atoms with Crippen molar-refractivity contribution in [2.45, 2.75) is 20.1 Å². The van der Waals surface area contributed by atoms with E-state index in [0.717, 1.165) is 11.1 Å². The number of methoxy groups -OCH3 is 2. The van der Waals surface area contributed by atoms with Gasteiger partial charge in [0.25, 0.3) is 0 Å². The van der Waals surface area contributed by atoms with Crippen molar-refractivity contribution in [1.82, 2.24) is 0 Å². The Balaban J connectivity index is 3.24. The second kappa shape index (κ2) is 8.22. The van der Waals surface area contributed by atoms with Crippen molar-refractivity contribution in [2.75, 3.05) is 14.2 Å². The molecule has 4 heteroatoms. The number of ether oxygens (including phenoxy) is 3. The number of rotatable bonds is 6. The predicted octanol–water partition coefficient (Wildman–Crippen LogP) is 3.61. The van der Waals surface area contributed by atoms with Gasteiger partial charge in [0.2, 0.25) is 0 Å². The molecule has 0 bridgehead atoms. The number of hydrogen-bond donors (Lipinski definition) is 0. The summed E-state index contributed by atoms with van der Waals surface area (Å²) < 4.78 is 15.6. The van der Waals surface area contributed by atoms with Crippen molar-refractivity contribution in [3.63, 3.8) is 0 Å². The third kappa shape index (κ3) is 5.04. The first kappa shape index (κ1) is 16.9. The summed E-state index contributed by atoms with van der Waals surface area (Å²) in [5, 5.41) is 0. The topological polar surface area (TPSA) is 44.8 Å². The lowest BCUT2D eigenvalue weighted by molar-refractivity contribution is -0.136. The van der Waals surface area contributed by atoms with Gasteiger partial charge in [-0.05, 0) is 24.1 Å². The standard InChI is InChI=1S/C17H20O4/c1-12(2)16(21-13(3)18)11-10-14-8-6-7-9-15(14)17(19-4)20-5/h6-10,17H,1H2,2-5H3. The lowest BCUT2D eigenvalue weighted by atomic mass is 10.1. The fraction of sp³-hybridized carbons (Fsp3) is 0.294. The van der Waals surface area contributed by atoms with Crippen molar-refractivity contribution in [3.8, 4) is 0 Å². The van der Waals surface area contributed by atoms with Gasteiger partial charge in [-0.25, -0.2) is 0 Å². The summed E-state index contributed by atoms with van der Waals surface area (Å²) in [6.07, 6.45) is 1.24. The summed E-state index contributed by atoms with van der Waals surface area (Å²) in [7, 11) is 3.14. The number of benzene rings is 1. The smallest absolute Gasteiger partial charge is 0.308 e. The molecule has 0 N–H and O–H groups in total. The summed E-state index contributed by atoms with van der Waals surface area (Å²) in [6.45, 7) is 6.85. The van der Waals surface area contributed by atoms with E-state index < -0.39 is 12.3 Å². The Kier molecular flexibility index (Phi) is 6.63. The van der Waals surface area contributed by atoms with E-state index >= 15 is 0 Å². The lowest BCUT2D eigenvalue weighted by Gasteiger charge is -2.15. The summed E-state index contributed by atoms with van der Waals surface area (Å²) >= 11 is 0. The van der Waals surface area contributed by atoms with E-state index in [1.54, 1.807) is 27.2 Å². The molecule has 0 unspecified atom stereocenters. The molecule has 0 radical (unpaired) electrons. The zero-order chi connectivity index (χ0) is 15.8. The van der Waals surface area contributed by atoms with Crippen LogP contribution in [0.5, 0.6) is 0 Å². The summed E-state index contributed by atoms with van der Waals surface area (Å²) in [5.74, 6) is -0.0995. The molecular weight excluding hydrogens is 268 g/mol. The first-order valence-electron chi connectivity index (χ1n) is 6.45. The van der Waals surface area contributed by atoms with E-state index in [9.17, 15) is 4.79 Å². The molecule has 0 aliphatic carbocycles. The van der Waals surface area contributed by atoms with Gasteiger partial charge in [-0.1, -0.05) is 36.6 Å². The van der Waals surface area contributed by atoms with E-state index in [0.29, 0.717) is 11.3 Å². The Morgan fingerprint density at radius 1 is 1.24 bits per heavy atom. The van der Waals surface area contributed by atoms with E-state index in [4.69, 9.17) is 14.2 Å². The molecule has 0 aliphatic heterocycles. The third-order valence-electron chi connectivity index (χ3n) is 2.67. The van der Waals surface area contributed by atoms with E-state index in [-0.39, 0.29) is 0 Å². The molecule has 0 spiro atoms. The number of carbonyl (C=O) groups excluding carboxylic acids is 1. The first-order valence-corrected chi connectivity index (χ1v) is 6.45. The van der Waals surface area contributed by atoms with Gasteiger partial charge >= 0.3 is 5.97 Å². The van der Waals surface area contributed by atoms with Crippen LogP contribution in [0.3, 0.4) is 0 Å². The fourth-order valence-electron chi connectivity index (χ4n) is 1.73. The number of hydrogen-bond acceptors (Lipinski definition) is 4. The summed E-state index contributed by atoms with van der Waals surface area (Å²) in [4.78, 5) is 11.1. The van der Waals surface area contributed by atoms with Crippen LogP contribution in [0.4, 0.5) is 0 Å². The highest BCUT2D eigenvalue weighted by molar-refractivity contribution is 5.68. The minimum atomic E-state index is -0.471. The Bertz CT molecular complexity index is 576. The number of esters is 1. The largest absolute Gasteiger partial charge is 0.418 e. The van der Waals surface area contributed by atoms with Gasteiger partial charge < -0.3 is 14.2 Å². The van der Waals surface area contributed by atoms with Crippen LogP contribution in [0.15, 0.2) is 47.9 Å². The molecule has 4 nitrogen and oxygen atoms in total. The van der Waals surface area contributed by atoms with Crippen LogP contribution in [0.1, 0.15) is 31.3 Å². The lowest BCUT2D eigenvalue weighted by Crippen LogP contribution is -2.05. The van der Waals surface area contributed by atoms with Gasteiger partial charge in [0.05, 0.1) is 0 Å². The van der Waals surface area contributed by atoms with Gasteiger partial charge in [0.15, 0.2) is 12.0 Å². The summed E-state index contributed by atoms with van der Waals surface area (Å²) in [5.41, 5.74) is 5.29. The maximum atomic E-state index is 11.1. The maximum absolute atomic E-state index is 11.1. The zero-order valence-electron chi connectivity index (χ0n) is 12.8. The molecule has 112 valence electrons. The molecule has 0 fully saturated rings. The molecule has 0 atom stereocenters. The normalized spacial score (nSPS) is 9.95. The van der Waals surface area contributed by atoms with Crippen molar-refractivity contribution in [1.29, 1.82) is 0 Å². The molecule has 0 heterocycles. The van der Waals surface area contributed by atoms with E-state index in [1.165, 1.54) is 6.92 Å². The Hall–Kier alpha value is -2.13. The molecule has 1 aromatic rings. The highest BCUT2D eigenvalue weighted by atomic mass is 16.7. The van der Waals surface area contributed by atoms with Crippen LogP contribution in [0, 0.1) is 0 Å². The monoisotopic (exact) mass is 288 g/mol. The van der Waals surface area contributed by atoms with Crippen molar-refractivity contribution in [3.05, 3.63) is 59.0 Å². The number of allylic oxidation sites excluding steroid dienone is 1. The van der Waals surface area contributed by atoms with Gasteiger partial charge in [-0.2, -0.15) is 0 Å². The van der Waals surface area contributed by atoms with Crippen LogP contribution in [0.2, 0.25) is 0 Å². The second-order valence-corrected chi connectivity index (χ2v) is 4.42. The van der Waals surface area contributed by atoms with Gasteiger partial charge in [0.1, 0.15) is 0 Å². The Labute approximate surface area is 125 Å². The molecule has 1 rings (SSSR count). The molecule has 1 aromatic carbocycles. The maximum Gasteiger partial charge on any atom is 0.308 e. The minimum absolute atomic E-state index is 0.309. The first-order chi connectivity index (χ1) is 9.99. The van der Waals surface area contributed by atoms with Crippen LogP contribution < -0.4 is 0 Å². The van der Waals surface area contributed by atoms with Gasteiger partial charge in [-0.15, -0.1) is 0 Å². The van der Waals surface area contributed by atoms with Crippen molar-refractivity contribution in [2.24, 2.45) is 0 Å². The zero-order valence-corrected chi connectivity index (χ0v) is 12.8. The fourth-order valence-corrected chi connectivity index (χ4v) is 1.73. The van der Waals surface area contributed by atoms with Crippen LogP contribution >= 0.6 is 0 Å². The molecule has 0 aliphatic rings. The quantitative estimate of drug-likeness (QED) is 0.264. The third-order valence-corrected chi connectivity index (χ3v) is 2.67. The van der Waals surface area contributed by atoms with E-state index in [1.807, 2.05) is 24.3 Å². The van der Waals surface area contributed by atoms with Crippen molar-refractivity contribution < 1.29 is 19.0 Å². The van der Waals surface area contributed by atoms with Gasteiger partial charge in [0, 0.05) is 26.7 Å². The van der Waals surface area contributed by atoms with Gasteiger partial charge in [-0.3, -0.25) is 4.79 Å². The SMILES string of the molecule is C=C(C)C(=C=Cc1ccccc1C(OC)OC)OC(C)=O. The minimum Gasteiger partial charge on any atom is -0.418 e. The van der Waals surface area contributed by atoms with Crippen LogP contribution in [-0.4, -0.2) is 20.2 Å². The average Bonchev–Trinajstić information content (AvgIpc) is 2.45. The average molecular weight is 288 g/mol. The molecule has 0 saturated heterocycles. The van der Waals surface area contributed by atoms with E-state index in [2.05, 4.69) is 12.3 Å². The van der Waals surface area contributed by atoms with Crippen LogP contribution in [0.25, 0.3) is 6.08 Å². The highest BCUT2D eigenvalue weighted by Gasteiger charge is 2.11. The molecule has 0 amide bonds. The molecule has 0 aromatic heterocycles. The Morgan fingerprint density at radius 2 is 1.86 bits per heavy atom. The number of carbonyl (C=O) groups is 1. The second-order valence-electron chi connectivity index (χ2n) is 4.42. The Morgan fingerprint density at radius 3 is 2.38 bits per heavy atom. The highest BCUT2D eigenvalue weighted by Crippen LogP contribution is 2.22. The van der Waals surface area contributed by atoms with Crippen molar-refractivity contribution >= 4 is 12.0 Å². The predicted molar refractivity (Wildman–Crippen MR) is 81.3 cm³/mol. The molecule has 0 saturated carbocycles.